The predicted molar refractivity (Wildman–Crippen MR) is 94.9 cm³/mol. The van der Waals surface area contributed by atoms with Crippen molar-refractivity contribution in [3.8, 4) is 0 Å². The summed E-state index contributed by atoms with van der Waals surface area (Å²) >= 11 is 0. The minimum atomic E-state index is 0.0508. The average Bonchev–Trinajstić information content (AvgIpc) is 3.27. The second kappa shape index (κ2) is 7.72. The summed E-state index contributed by atoms with van der Waals surface area (Å²) in [5, 5.41) is 3.71. The van der Waals surface area contributed by atoms with Crippen molar-refractivity contribution in [3.63, 3.8) is 0 Å². The van der Waals surface area contributed by atoms with E-state index in [1.807, 2.05) is 0 Å². The highest BCUT2D eigenvalue weighted by atomic mass is 16.5. The first-order valence-electron chi connectivity index (χ1n) is 9.31. The zero-order chi connectivity index (χ0) is 17.1. The number of likely N-dealkylation sites (N-methyl/N-ethyl adjacent to an activating group) is 1. The summed E-state index contributed by atoms with van der Waals surface area (Å²) in [6, 6.07) is 0.540. The number of hydrogen-bond acceptors (Lipinski definition) is 3. The number of amides is 1. The summed E-state index contributed by atoms with van der Waals surface area (Å²) in [5.74, 6) is 3.24. The van der Waals surface area contributed by atoms with E-state index in [1.165, 1.54) is 25.7 Å². The molecule has 3 rings (SSSR count). The molecule has 0 spiro atoms. The highest BCUT2D eigenvalue weighted by Crippen LogP contribution is 2.44. The maximum Gasteiger partial charge on any atom is 0.243 e. The molecule has 0 aromatic carbocycles. The molecule has 0 aromatic heterocycles. The summed E-state index contributed by atoms with van der Waals surface area (Å²) < 4.78 is 5.31. The van der Waals surface area contributed by atoms with Crippen LogP contribution < -0.4 is 5.32 Å². The smallest absolute Gasteiger partial charge is 0.243 e. The molecule has 4 atom stereocenters. The number of rotatable bonds is 5. The number of ether oxygens (including phenoxy) is 1. The molecule has 0 radical (unpaired) electrons. The fourth-order valence-electron chi connectivity index (χ4n) is 4.50. The Morgan fingerprint density at radius 2 is 2.12 bits per heavy atom. The molecule has 1 heterocycles. The predicted octanol–water partition coefficient (Wildman–Crippen LogP) is 1.18. The minimum Gasteiger partial charge on any atom is -0.384 e. The van der Waals surface area contributed by atoms with Crippen LogP contribution in [0, 0.1) is 17.8 Å². The molecular formula is C18H32N4O2. The lowest BCUT2D eigenvalue weighted by Gasteiger charge is -2.29. The molecule has 2 bridgehead atoms. The second-order valence-corrected chi connectivity index (χ2v) is 7.91. The average molecular weight is 336 g/mol. The van der Waals surface area contributed by atoms with E-state index in [4.69, 9.17) is 4.74 Å². The SMILES string of the molecule is COCC1CCN(C(=NCC(=O)N(C)C)NC2CC3CCC2C3)C1. The summed E-state index contributed by atoms with van der Waals surface area (Å²) in [7, 11) is 5.33. The van der Waals surface area contributed by atoms with E-state index in [1.54, 1.807) is 26.1 Å². The van der Waals surface area contributed by atoms with Crippen LogP contribution in [0.25, 0.3) is 0 Å². The molecule has 2 saturated carbocycles. The Kier molecular flexibility index (Phi) is 5.64. The van der Waals surface area contributed by atoms with Gasteiger partial charge in [-0.3, -0.25) is 4.79 Å². The number of carbonyl (C=O) groups is 1. The van der Waals surface area contributed by atoms with E-state index < -0.39 is 0 Å². The van der Waals surface area contributed by atoms with Gasteiger partial charge in [0.2, 0.25) is 5.91 Å². The normalized spacial score (nSPS) is 32.5. The molecule has 3 fully saturated rings. The molecule has 1 amide bonds. The maximum atomic E-state index is 11.9. The molecule has 136 valence electrons. The van der Waals surface area contributed by atoms with Crippen LogP contribution in [-0.2, 0) is 9.53 Å². The Morgan fingerprint density at radius 3 is 2.75 bits per heavy atom. The van der Waals surface area contributed by atoms with Crippen LogP contribution in [-0.4, -0.2) is 75.2 Å². The number of carbonyl (C=O) groups excluding carboxylic acids is 1. The van der Waals surface area contributed by atoms with Crippen molar-refractivity contribution in [2.45, 2.75) is 38.1 Å². The standard InChI is InChI=1S/C18H32N4O2/c1-21(2)17(23)10-19-18(22-7-6-14(11-22)12-24-3)20-16-9-13-4-5-15(16)8-13/h13-16H,4-12H2,1-3H3,(H,19,20). The number of nitrogens with one attached hydrogen (secondary N) is 1. The summed E-state index contributed by atoms with van der Waals surface area (Å²) in [5.41, 5.74) is 0. The molecule has 2 aliphatic carbocycles. The van der Waals surface area contributed by atoms with E-state index in [2.05, 4.69) is 15.2 Å². The monoisotopic (exact) mass is 336 g/mol. The number of aliphatic imine (C=N–C) groups is 1. The van der Waals surface area contributed by atoms with Crippen LogP contribution >= 0.6 is 0 Å². The van der Waals surface area contributed by atoms with Crippen LogP contribution in [0.2, 0.25) is 0 Å². The molecule has 6 heteroatoms. The highest BCUT2D eigenvalue weighted by Gasteiger charge is 2.40. The van der Waals surface area contributed by atoms with Gasteiger partial charge in [0.25, 0.3) is 0 Å². The lowest BCUT2D eigenvalue weighted by Crippen LogP contribution is -2.47. The van der Waals surface area contributed by atoms with Crippen LogP contribution in [0.15, 0.2) is 4.99 Å². The molecule has 1 aliphatic heterocycles. The van der Waals surface area contributed by atoms with Gasteiger partial charge in [-0.2, -0.15) is 0 Å². The van der Waals surface area contributed by atoms with Gasteiger partial charge in [0.15, 0.2) is 5.96 Å². The van der Waals surface area contributed by atoms with E-state index >= 15 is 0 Å². The van der Waals surface area contributed by atoms with Crippen LogP contribution in [0.1, 0.15) is 32.1 Å². The van der Waals surface area contributed by atoms with Crippen molar-refractivity contribution >= 4 is 11.9 Å². The van der Waals surface area contributed by atoms with Crippen molar-refractivity contribution in [1.29, 1.82) is 0 Å². The van der Waals surface area contributed by atoms with Gasteiger partial charge >= 0.3 is 0 Å². The quantitative estimate of drug-likeness (QED) is 0.605. The van der Waals surface area contributed by atoms with E-state index in [0.717, 1.165) is 43.9 Å². The Balaban J connectivity index is 1.64. The molecular weight excluding hydrogens is 304 g/mol. The first-order valence-corrected chi connectivity index (χ1v) is 9.31. The Morgan fingerprint density at radius 1 is 1.29 bits per heavy atom. The number of likely N-dealkylation sites (tertiary alicyclic amines) is 1. The first kappa shape index (κ1) is 17.5. The van der Waals surface area contributed by atoms with Crippen molar-refractivity contribution < 1.29 is 9.53 Å². The number of nitrogens with zero attached hydrogens (tertiary/aromatic N) is 3. The zero-order valence-electron chi connectivity index (χ0n) is 15.3. The number of fused-ring (bicyclic) bond motifs is 2. The molecule has 1 saturated heterocycles. The van der Waals surface area contributed by atoms with E-state index in [0.29, 0.717) is 12.0 Å². The van der Waals surface area contributed by atoms with Gasteiger partial charge in [-0.25, -0.2) is 4.99 Å². The van der Waals surface area contributed by atoms with Gasteiger partial charge in [-0.15, -0.1) is 0 Å². The third-order valence-electron chi connectivity index (χ3n) is 5.90. The fraction of sp³-hybridized carbons (Fsp3) is 0.889. The van der Waals surface area contributed by atoms with Crippen LogP contribution in [0.3, 0.4) is 0 Å². The molecule has 24 heavy (non-hydrogen) atoms. The summed E-state index contributed by atoms with van der Waals surface area (Å²) in [6.07, 6.45) is 6.51. The van der Waals surface area contributed by atoms with Gasteiger partial charge in [0.1, 0.15) is 6.54 Å². The van der Waals surface area contributed by atoms with Gasteiger partial charge in [0, 0.05) is 46.3 Å². The van der Waals surface area contributed by atoms with E-state index in [-0.39, 0.29) is 12.5 Å². The van der Waals surface area contributed by atoms with Gasteiger partial charge in [0.05, 0.1) is 6.61 Å². The van der Waals surface area contributed by atoms with Crippen molar-refractivity contribution in [2.75, 3.05) is 47.4 Å². The third-order valence-corrected chi connectivity index (χ3v) is 5.90. The summed E-state index contributed by atoms with van der Waals surface area (Å²) in [6.45, 7) is 2.99. The summed E-state index contributed by atoms with van der Waals surface area (Å²) in [4.78, 5) is 20.5. The second-order valence-electron chi connectivity index (χ2n) is 7.91. The minimum absolute atomic E-state index is 0.0508. The number of hydrogen-bond donors (Lipinski definition) is 1. The Hall–Kier alpha value is -1.30. The molecule has 1 N–H and O–H groups in total. The number of methoxy groups -OCH3 is 1. The Labute approximate surface area is 145 Å². The number of guanidine groups is 1. The van der Waals surface area contributed by atoms with Crippen molar-refractivity contribution in [2.24, 2.45) is 22.7 Å². The van der Waals surface area contributed by atoms with Crippen molar-refractivity contribution in [1.82, 2.24) is 15.1 Å². The molecule has 6 nitrogen and oxygen atoms in total. The zero-order valence-corrected chi connectivity index (χ0v) is 15.3. The fourth-order valence-corrected chi connectivity index (χ4v) is 4.50. The topological polar surface area (TPSA) is 57.2 Å². The van der Waals surface area contributed by atoms with Crippen molar-refractivity contribution in [3.05, 3.63) is 0 Å². The molecule has 4 unspecified atom stereocenters. The maximum absolute atomic E-state index is 11.9. The van der Waals surface area contributed by atoms with Gasteiger partial charge in [-0.1, -0.05) is 6.42 Å². The lowest BCUT2D eigenvalue weighted by atomic mass is 9.95. The third kappa shape index (κ3) is 4.02. The molecule has 0 aromatic rings. The molecule has 3 aliphatic rings. The van der Waals surface area contributed by atoms with Crippen LogP contribution in [0.4, 0.5) is 0 Å². The van der Waals surface area contributed by atoms with Gasteiger partial charge in [-0.05, 0) is 37.5 Å². The van der Waals surface area contributed by atoms with Crippen LogP contribution in [0.5, 0.6) is 0 Å². The lowest BCUT2D eigenvalue weighted by molar-refractivity contribution is -0.127. The first-order chi connectivity index (χ1) is 11.6. The van der Waals surface area contributed by atoms with Gasteiger partial charge < -0.3 is 19.9 Å². The van der Waals surface area contributed by atoms with E-state index in [9.17, 15) is 4.79 Å². The largest absolute Gasteiger partial charge is 0.384 e. The Bertz CT molecular complexity index is 480. The highest BCUT2D eigenvalue weighted by molar-refractivity contribution is 5.85.